The van der Waals surface area contributed by atoms with Gasteiger partial charge < -0.3 is 9.15 Å². The van der Waals surface area contributed by atoms with Gasteiger partial charge in [-0.25, -0.2) is 4.79 Å². The van der Waals surface area contributed by atoms with Crippen LogP contribution in [-0.4, -0.2) is 19.2 Å². The first-order valence-electron chi connectivity index (χ1n) is 6.30. The van der Waals surface area contributed by atoms with Gasteiger partial charge in [0.05, 0.1) is 19.3 Å². The molecule has 0 spiro atoms. The van der Waals surface area contributed by atoms with E-state index < -0.39 is 5.97 Å². The standard InChI is InChI=1S/C13H19NO4/c1-9(14-18-10-5-3-4-6-10)11-7-8-12(17-11)13(15)16-2/h7-10,14H,3-6H2,1-2H3. The van der Waals surface area contributed by atoms with E-state index >= 15 is 0 Å². The predicted octanol–water partition coefficient (Wildman–Crippen LogP) is 2.59. The van der Waals surface area contributed by atoms with Gasteiger partial charge in [-0.3, -0.25) is 4.84 Å². The summed E-state index contributed by atoms with van der Waals surface area (Å²) in [5.74, 6) is 0.403. The molecule has 1 fully saturated rings. The maximum absolute atomic E-state index is 11.2. The van der Waals surface area contributed by atoms with Crippen molar-refractivity contribution in [3.63, 3.8) is 0 Å². The minimum absolute atomic E-state index is 0.0935. The molecule has 5 nitrogen and oxygen atoms in total. The van der Waals surface area contributed by atoms with Gasteiger partial charge in [-0.2, -0.15) is 5.48 Å². The summed E-state index contributed by atoms with van der Waals surface area (Å²) < 4.78 is 9.98. The first-order chi connectivity index (χ1) is 8.70. The summed E-state index contributed by atoms with van der Waals surface area (Å²) in [5, 5.41) is 0. The van der Waals surface area contributed by atoms with Crippen molar-refractivity contribution in [1.82, 2.24) is 5.48 Å². The Balaban J connectivity index is 1.85. The molecule has 0 bridgehead atoms. The molecule has 5 heteroatoms. The van der Waals surface area contributed by atoms with Crippen LogP contribution in [0.3, 0.4) is 0 Å². The Kier molecular flexibility index (Phi) is 4.38. The van der Waals surface area contributed by atoms with Crippen molar-refractivity contribution in [2.24, 2.45) is 0 Å². The SMILES string of the molecule is COC(=O)c1ccc(C(C)NOC2CCCC2)o1. The second-order valence-electron chi connectivity index (χ2n) is 4.56. The van der Waals surface area contributed by atoms with E-state index in [1.807, 2.05) is 6.92 Å². The van der Waals surface area contributed by atoms with Crippen LogP contribution in [0, 0.1) is 0 Å². The molecule has 0 aliphatic heterocycles. The Morgan fingerprint density at radius 2 is 2.17 bits per heavy atom. The average Bonchev–Trinajstić information content (AvgIpc) is 3.05. The highest BCUT2D eigenvalue weighted by Gasteiger charge is 2.19. The molecule has 1 unspecified atom stereocenters. The van der Waals surface area contributed by atoms with Gasteiger partial charge in [0.15, 0.2) is 0 Å². The summed E-state index contributed by atoms with van der Waals surface area (Å²) >= 11 is 0. The minimum Gasteiger partial charge on any atom is -0.463 e. The maximum atomic E-state index is 11.2. The van der Waals surface area contributed by atoms with Gasteiger partial charge in [-0.05, 0) is 31.9 Å². The molecule has 1 aliphatic carbocycles. The Labute approximate surface area is 106 Å². The Morgan fingerprint density at radius 3 is 2.83 bits per heavy atom. The van der Waals surface area contributed by atoms with Crippen molar-refractivity contribution >= 4 is 5.97 Å². The van der Waals surface area contributed by atoms with Crippen LogP contribution in [0.2, 0.25) is 0 Å². The van der Waals surface area contributed by atoms with Crippen LogP contribution in [0.5, 0.6) is 0 Å². The zero-order chi connectivity index (χ0) is 13.0. The molecule has 1 heterocycles. The van der Waals surface area contributed by atoms with Crippen LogP contribution in [0.15, 0.2) is 16.5 Å². The number of carbonyl (C=O) groups excluding carboxylic acids is 1. The van der Waals surface area contributed by atoms with Crippen LogP contribution in [-0.2, 0) is 9.57 Å². The highest BCUT2D eigenvalue weighted by atomic mass is 16.7. The van der Waals surface area contributed by atoms with E-state index in [4.69, 9.17) is 9.25 Å². The Hall–Kier alpha value is -1.33. The van der Waals surface area contributed by atoms with E-state index in [1.54, 1.807) is 12.1 Å². The number of furan rings is 1. The number of hydrogen-bond donors (Lipinski definition) is 1. The number of esters is 1. The second-order valence-corrected chi connectivity index (χ2v) is 4.56. The molecule has 0 amide bonds. The molecule has 1 aromatic rings. The fraction of sp³-hybridized carbons (Fsp3) is 0.615. The fourth-order valence-electron chi connectivity index (χ4n) is 2.06. The van der Waals surface area contributed by atoms with Gasteiger partial charge in [0, 0.05) is 0 Å². The summed E-state index contributed by atoms with van der Waals surface area (Å²) in [6, 6.07) is 3.26. The zero-order valence-corrected chi connectivity index (χ0v) is 10.8. The van der Waals surface area contributed by atoms with Crippen molar-refractivity contribution < 1.29 is 18.8 Å². The largest absolute Gasteiger partial charge is 0.463 e. The molecule has 1 aliphatic rings. The second kappa shape index (κ2) is 6.02. The zero-order valence-electron chi connectivity index (χ0n) is 10.8. The molecule has 100 valence electrons. The molecule has 1 atom stereocenters. The van der Waals surface area contributed by atoms with E-state index in [0.29, 0.717) is 11.9 Å². The van der Waals surface area contributed by atoms with Crippen molar-refractivity contribution in [2.75, 3.05) is 7.11 Å². The molecule has 1 N–H and O–H groups in total. The Bertz CT molecular complexity index is 395. The highest BCUT2D eigenvalue weighted by molar-refractivity contribution is 5.86. The summed E-state index contributed by atoms with van der Waals surface area (Å²) in [6.45, 7) is 1.93. The van der Waals surface area contributed by atoms with Crippen molar-refractivity contribution in [3.05, 3.63) is 23.7 Å². The summed E-state index contributed by atoms with van der Waals surface area (Å²) in [4.78, 5) is 16.8. The van der Waals surface area contributed by atoms with E-state index in [0.717, 1.165) is 12.8 Å². The van der Waals surface area contributed by atoms with E-state index in [1.165, 1.54) is 20.0 Å². The average molecular weight is 253 g/mol. The first-order valence-corrected chi connectivity index (χ1v) is 6.30. The lowest BCUT2D eigenvalue weighted by atomic mass is 10.3. The van der Waals surface area contributed by atoms with Crippen molar-refractivity contribution in [1.29, 1.82) is 0 Å². The van der Waals surface area contributed by atoms with E-state index in [9.17, 15) is 4.79 Å². The third-order valence-electron chi connectivity index (χ3n) is 3.15. The van der Waals surface area contributed by atoms with Gasteiger partial charge in [0.2, 0.25) is 5.76 Å². The molecule has 18 heavy (non-hydrogen) atoms. The van der Waals surface area contributed by atoms with Crippen LogP contribution in [0.25, 0.3) is 0 Å². The lowest BCUT2D eigenvalue weighted by molar-refractivity contribution is -0.0410. The van der Waals surface area contributed by atoms with Gasteiger partial charge >= 0.3 is 5.97 Å². The third-order valence-corrected chi connectivity index (χ3v) is 3.15. The van der Waals surface area contributed by atoms with Crippen molar-refractivity contribution in [3.8, 4) is 0 Å². The monoisotopic (exact) mass is 253 g/mol. The normalized spacial score (nSPS) is 17.9. The lowest BCUT2D eigenvalue weighted by Gasteiger charge is -2.15. The summed E-state index contributed by atoms with van der Waals surface area (Å²) in [5.41, 5.74) is 2.97. The van der Waals surface area contributed by atoms with E-state index in [2.05, 4.69) is 10.2 Å². The van der Waals surface area contributed by atoms with Gasteiger partial charge in [-0.15, -0.1) is 0 Å². The smallest absolute Gasteiger partial charge is 0.373 e. The maximum Gasteiger partial charge on any atom is 0.373 e. The van der Waals surface area contributed by atoms with Crippen molar-refractivity contribution in [2.45, 2.75) is 44.8 Å². The highest BCUT2D eigenvalue weighted by Crippen LogP contribution is 2.22. The summed E-state index contributed by atoms with van der Waals surface area (Å²) in [7, 11) is 1.33. The van der Waals surface area contributed by atoms with Crippen LogP contribution in [0.1, 0.15) is 55.0 Å². The molecule has 1 saturated carbocycles. The first kappa shape index (κ1) is 13.1. The molecule has 1 aromatic heterocycles. The molecular formula is C13H19NO4. The number of hydroxylamine groups is 1. The fourth-order valence-corrected chi connectivity index (χ4v) is 2.06. The lowest BCUT2D eigenvalue weighted by Crippen LogP contribution is -2.24. The van der Waals surface area contributed by atoms with Crippen LogP contribution >= 0.6 is 0 Å². The van der Waals surface area contributed by atoms with Gasteiger partial charge in [0.1, 0.15) is 5.76 Å². The van der Waals surface area contributed by atoms with E-state index in [-0.39, 0.29) is 11.8 Å². The Morgan fingerprint density at radius 1 is 1.44 bits per heavy atom. The number of nitrogens with one attached hydrogen (secondary N) is 1. The number of methoxy groups -OCH3 is 1. The van der Waals surface area contributed by atoms with Crippen LogP contribution in [0.4, 0.5) is 0 Å². The molecular weight excluding hydrogens is 234 g/mol. The molecule has 0 radical (unpaired) electrons. The minimum atomic E-state index is -0.467. The number of ether oxygens (including phenoxy) is 1. The summed E-state index contributed by atoms with van der Waals surface area (Å²) in [6.07, 6.45) is 4.96. The molecule has 0 saturated heterocycles. The number of rotatable bonds is 5. The van der Waals surface area contributed by atoms with Gasteiger partial charge in [0.25, 0.3) is 0 Å². The molecule has 2 rings (SSSR count). The number of hydrogen-bond acceptors (Lipinski definition) is 5. The third kappa shape index (κ3) is 3.11. The van der Waals surface area contributed by atoms with Crippen LogP contribution < -0.4 is 5.48 Å². The van der Waals surface area contributed by atoms with Gasteiger partial charge in [-0.1, -0.05) is 12.8 Å². The predicted molar refractivity (Wildman–Crippen MR) is 64.9 cm³/mol. The topological polar surface area (TPSA) is 60.7 Å². The molecule has 0 aromatic carbocycles. The number of carbonyl (C=O) groups is 1. The quantitative estimate of drug-likeness (QED) is 0.645.